The van der Waals surface area contributed by atoms with Crippen LogP contribution in [0.4, 0.5) is 0 Å². The van der Waals surface area contributed by atoms with E-state index in [0.29, 0.717) is 16.3 Å². The first kappa shape index (κ1) is 14.7. The molecule has 0 aromatic heterocycles. The summed E-state index contributed by atoms with van der Waals surface area (Å²) >= 11 is 5.89. The molecule has 0 unspecified atom stereocenters. The van der Waals surface area contributed by atoms with Gasteiger partial charge in [-0.1, -0.05) is 35.9 Å². The van der Waals surface area contributed by atoms with E-state index in [1.807, 2.05) is 24.3 Å². The summed E-state index contributed by atoms with van der Waals surface area (Å²) in [5.74, 6) is 0.650. The predicted octanol–water partition coefficient (Wildman–Crippen LogP) is 3.65. The Kier molecular flexibility index (Phi) is 3.60. The van der Waals surface area contributed by atoms with Crippen molar-refractivity contribution in [3.63, 3.8) is 0 Å². The molecule has 2 aromatic carbocycles. The lowest BCUT2D eigenvalue weighted by Gasteiger charge is -2.41. The standard InChI is InChI=1S/C18H15ClO4/c19-13-7-5-12(6-8-13)17-22-10-18(11-23-17)9-21-15-4-2-1-3-14(15)16(18)20/h1-8,17H,9-11H2. The molecule has 0 atom stereocenters. The number of para-hydroxylation sites is 1. The van der Waals surface area contributed by atoms with Crippen LogP contribution >= 0.6 is 11.6 Å². The third kappa shape index (κ3) is 2.53. The second-order valence-electron chi connectivity index (χ2n) is 5.90. The van der Waals surface area contributed by atoms with E-state index in [1.165, 1.54) is 0 Å². The molecule has 5 heteroatoms. The van der Waals surface area contributed by atoms with Crippen LogP contribution in [-0.2, 0) is 9.47 Å². The van der Waals surface area contributed by atoms with Crippen LogP contribution in [0.2, 0.25) is 5.02 Å². The third-order valence-corrected chi connectivity index (χ3v) is 4.53. The van der Waals surface area contributed by atoms with E-state index in [2.05, 4.69) is 0 Å². The van der Waals surface area contributed by atoms with Crippen molar-refractivity contribution >= 4 is 17.4 Å². The molecule has 4 rings (SSSR count). The molecule has 2 aliphatic rings. The molecule has 2 heterocycles. The third-order valence-electron chi connectivity index (χ3n) is 4.28. The lowest BCUT2D eigenvalue weighted by atomic mass is 9.80. The maximum absolute atomic E-state index is 12.8. The number of carbonyl (C=O) groups excluding carboxylic acids is 1. The van der Waals surface area contributed by atoms with Crippen LogP contribution in [0.1, 0.15) is 22.2 Å². The molecule has 0 amide bonds. The Morgan fingerprint density at radius 3 is 2.39 bits per heavy atom. The van der Waals surface area contributed by atoms with Gasteiger partial charge in [-0.05, 0) is 24.3 Å². The van der Waals surface area contributed by atoms with Crippen molar-refractivity contribution < 1.29 is 19.0 Å². The van der Waals surface area contributed by atoms with E-state index in [1.54, 1.807) is 24.3 Å². The Morgan fingerprint density at radius 1 is 0.957 bits per heavy atom. The molecule has 4 nitrogen and oxygen atoms in total. The average molecular weight is 331 g/mol. The zero-order valence-corrected chi connectivity index (χ0v) is 13.1. The summed E-state index contributed by atoms with van der Waals surface area (Å²) < 4.78 is 17.4. The normalized spacial score (nSPS) is 26.7. The molecule has 1 spiro atoms. The monoisotopic (exact) mass is 330 g/mol. The van der Waals surface area contributed by atoms with E-state index in [0.717, 1.165) is 5.56 Å². The highest BCUT2D eigenvalue weighted by Gasteiger charge is 2.48. The first-order valence-electron chi connectivity index (χ1n) is 7.43. The summed E-state index contributed by atoms with van der Waals surface area (Å²) in [4.78, 5) is 12.8. The van der Waals surface area contributed by atoms with E-state index < -0.39 is 11.7 Å². The maximum Gasteiger partial charge on any atom is 0.183 e. The van der Waals surface area contributed by atoms with Crippen LogP contribution < -0.4 is 4.74 Å². The van der Waals surface area contributed by atoms with Crippen LogP contribution in [0, 0.1) is 5.41 Å². The fourth-order valence-corrected chi connectivity index (χ4v) is 3.06. The van der Waals surface area contributed by atoms with Gasteiger partial charge in [-0.15, -0.1) is 0 Å². The van der Waals surface area contributed by atoms with Gasteiger partial charge < -0.3 is 14.2 Å². The van der Waals surface area contributed by atoms with Crippen LogP contribution in [-0.4, -0.2) is 25.6 Å². The highest BCUT2D eigenvalue weighted by molar-refractivity contribution is 6.30. The summed E-state index contributed by atoms with van der Waals surface area (Å²) in [6, 6.07) is 14.6. The molecule has 0 saturated carbocycles. The molecule has 2 aliphatic heterocycles. The van der Waals surface area contributed by atoms with E-state index >= 15 is 0 Å². The van der Waals surface area contributed by atoms with Gasteiger partial charge in [0, 0.05) is 10.6 Å². The van der Waals surface area contributed by atoms with Crippen molar-refractivity contribution in [1.82, 2.24) is 0 Å². The molecule has 0 radical (unpaired) electrons. The number of ketones is 1. The lowest BCUT2D eigenvalue weighted by molar-refractivity contribution is -0.227. The van der Waals surface area contributed by atoms with Crippen LogP contribution in [0.5, 0.6) is 5.75 Å². The number of hydrogen-bond donors (Lipinski definition) is 0. The summed E-state index contributed by atoms with van der Waals surface area (Å²) in [5.41, 5.74) is 0.710. The number of ether oxygens (including phenoxy) is 3. The minimum Gasteiger partial charge on any atom is -0.492 e. The number of Topliss-reactive ketones (excluding diaryl/α,β-unsaturated/α-hetero) is 1. The van der Waals surface area contributed by atoms with Crippen molar-refractivity contribution in [3.05, 3.63) is 64.7 Å². The number of rotatable bonds is 1. The molecule has 23 heavy (non-hydrogen) atoms. The first-order chi connectivity index (χ1) is 11.2. The molecule has 0 aliphatic carbocycles. The summed E-state index contributed by atoms with van der Waals surface area (Å²) in [6.07, 6.45) is -0.483. The van der Waals surface area contributed by atoms with E-state index in [-0.39, 0.29) is 25.6 Å². The summed E-state index contributed by atoms with van der Waals surface area (Å²) in [6.45, 7) is 0.817. The van der Waals surface area contributed by atoms with Crippen molar-refractivity contribution in [2.45, 2.75) is 6.29 Å². The van der Waals surface area contributed by atoms with Gasteiger partial charge >= 0.3 is 0 Å². The Morgan fingerprint density at radius 2 is 1.65 bits per heavy atom. The van der Waals surface area contributed by atoms with E-state index in [9.17, 15) is 4.79 Å². The number of carbonyl (C=O) groups is 1. The maximum atomic E-state index is 12.8. The van der Waals surface area contributed by atoms with Gasteiger partial charge in [0.15, 0.2) is 12.1 Å². The van der Waals surface area contributed by atoms with Crippen molar-refractivity contribution in [1.29, 1.82) is 0 Å². The molecular formula is C18H15ClO4. The molecular weight excluding hydrogens is 316 g/mol. The minimum atomic E-state index is -0.767. The van der Waals surface area contributed by atoms with Crippen LogP contribution in [0.15, 0.2) is 48.5 Å². The van der Waals surface area contributed by atoms with E-state index in [4.69, 9.17) is 25.8 Å². The second-order valence-corrected chi connectivity index (χ2v) is 6.34. The second kappa shape index (κ2) is 5.64. The number of hydrogen-bond acceptors (Lipinski definition) is 4. The van der Waals surface area contributed by atoms with Crippen LogP contribution in [0.25, 0.3) is 0 Å². The average Bonchev–Trinajstić information content (AvgIpc) is 2.60. The summed E-state index contributed by atoms with van der Waals surface area (Å²) in [7, 11) is 0. The number of benzene rings is 2. The molecule has 1 saturated heterocycles. The van der Waals surface area contributed by atoms with Crippen molar-refractivity contribution in [3.8, 4) is 5.75 Å². The zero-order valence-electron chi connectivity index (χ0n) is 12.3. The highest BCUT2D eigenvalue weighted by Crippen LogP contribution is 2.40. The summed E-state index contributed by atoms with van der Waals surface area (Å²) in [5, 5.41) is 0.661. The van der Waals surface area contributed by atoms with Crippen molar-refractivity contribution in [2.24, 2.45) is 5.41 Å². The van der Waals surface area contributed by atoms with Crippen molar-refractivity contribution in [2.75, 3.05) is 19.8 Å². The zero-order chi connectivity index (χ0) is 15.9. The molecule has 1 fully saturated rings. The predicted molar refractivity (Wildman–Crippen MR) is 84.8 cm³/mol. The van der Waals surface area contributed by atoms with Gasteiger partial charge in [-0.25, -0.2) is 0 Å². The fourth-order valence-electron chi connectivity index (χ4n) is 2.93. The van der Waals surface area contributed by atoms with Gasteiger partial charge in [0.1, 0.15) is 17.8 Å². The Hall–Kier alpha value is -1.88. The van der Waals surface area contributed by atoms with Gasteiger partial charge in [-0.2, -0.15) is 0 Å². The Balaban J connectivity index is 1.53. The van der Waals surface area contributed by atoms with Gasteiger partial charge in [0.2, 0.25) is 0 Å². The van der Waals surface area contributed by atoms with Gasteiger partial charge in [0.25, 0.3) is 0 Å². The quantitative estimate of drug-likeness (QED) is 0.800. The molecule has 2 aromatic rings. The van der Waals surface area contributed by atoms with Gasteiger partial charge in [0.05, 0.1) is 18.8 Å². The number of halogens is 1. The fraction of sp³-hybridized carbons (Fsp3) is 0.278. The minimum absolute atomic E-state index is 0.0221. The lowest BCUT2D eigenvalue weighted by Crippen LogP contribution is -2.51. The SMILES string of the molecule is O=C1c2ccccc2OCC12COC(c1ccc(Cl)cc1)OC2. The topological polar surface area (TPSA) is 44.8 Å². The molecule has 0 bridgehead atoms. The van der Waals surface area contributed by atoms with Gasteiger partial charge in [-0.3, -0.25) is 4.79 Å². The Bertz CT molecular complexity index is 733. The first-order valence-corrected chi connectivity index (χ1v) is 7.81. The highest BCUT2D eigenvalue weighted by atomic mass is 35.5. The largest absolute Gasteiger partial charge is 0.492 e. The van der Waals surface area contributed by atoms with Crippen LogP contribution in [0.3, 0.4) is 0 Å². The molecule has 118 valence electrons. The number of fused-ring (bicyclic) bond motifs is 1. The molecule has 0 N–H and O–H groups in total. The Labute approximate surface area is 138 Å². The smallest absolute Gasteiger partial charge is 0.183 e.